The maximum absolute atomic E-state index is 13.2. The van der Waals surface area contributed by atoms with E-state index in [1.54, 1.807) is 18.7 Å². The first-order valence-electron chi connectivity index (χ1n) is 11.2. The van der Waals surface area contributed by atoms with E-state index in [0.717, 1.165) is 19.3 Å². The lowest BCUT2D eigenvalue weighted by Gasteiger charge is -2.39. The van der Waals surface area contributed by atoms with Crippen molar-refractivity contribution in [3.05, 3.63) is 0 Å². The number of likely N-dealkylation sites (tertiary alicyclic amines) is 1. The molecule has 0 aromatic rings. The van der Waals surface area contributed by atoms with Gasteiger partial charge in [0.25, 0.3) is 0 Å². The highest BCUT2D eigenvalue weighted by Gasteiger charge is 2.44. The van der Waals surface area contributed by atoms with Crippen LogP contribution in [-0.2, 0) is 19.1 Å². The number of rotatable bonds is 7. The molecular formula is C21H36N4O7. The van der Waals surface area contributed by atoms with E-state index in [9.17, 15) is 24.3 Å². The largest absolute Gasteiger partial charge is 0.453 e. The van der Waals surface area contributed by atoms with Crippen LogP contribution in [0, 0.1) is 5.92 Å². The molecule has 182 valence electrons. The van der Waals surface area contributed by atoms with E-state index in [2.05, 4.69) is 10.6 Å². The maximum Gasteiger partial charge on any atom is 0.409 e. The van der Waals surface area contributed by atoms with Crippen LogP contribution in [0.25, 0.3) is 0 Å². The molecule has 2 aliphatic rings. The molecule has 1 saturated carbocycles. The number of amides is 4. The van der Waals surface area contributed by atoms with Crippen LogP contribution in [-0.4, -0.2) is 78.0 Å². The molecule has 11 heteroatoms. The number of aliphatic hydroxyl groups is 1. The molecule has 0 aromatic heterocycles. The summed E-state index contributed by atoms with van der Waals surface area (Å²) < 4.78 is 10.2. The predicted octanol–water partition coefficient (Wildman–Crippen LogP) is 0.633. The number of aliphatic hydroxyl groups excluding tert-OH is 1. The summed E-state index contributed by atoms with van der Waals surface area (Å²) in [6.45, 7) is 4.34. The first-order chi connectivity index (χ1) is 15.1. The molecule has 2 fully saturated rings. The van der Waals surface area contributed by atoms with Gasteiger partial charge in [0.05, 0.1) is 13.2 Å². The van der Waals surface area contributed by atoms with Gasteiger partial charge in [-0.25, -0.2) is 9.59 Å². The molecule has 0 bridgehead atoms. The van der Waals surface area contributed by atoms with Gasteiger partial charge < -0.3 is 35.8 Å². The zero-order valence-corrected chi connectivity index (χ0v) is 19.1. The number of carbonyl (C=O) groups excluding carboxylic acids is 4. The Hall–Kier alpha value is -2.56. The highest BCUT2D eigenvalue weighted by Crippen LogP contribution is 2.29. The second-order valence-electron chi connectivity index (χ2n) is 8.92. The fraction of sp³-hybridized carbons (Fsp3) is 0.810. The second kappa shape index (κ2) is 11.3. The van der Waals surface area contributed by atoms with Gasteiger partial charge in [-0.2, -0.15) is 0 Å². The Morgan fingerprint density at radius 2 is 1.69 bits per heavy atom. The highest BCUT2D eigenvalue weighted by molar-refractivity contribution is 5.91. The van der Waals surface area contributed by atoms with Gasteiger partial charge in [-0.05, 0) is 18.8 Å². The summed E-state index contributed by atoms with van der Waals surface area (Å²) in [6, 6.07) is -0.876. The van der Waals surface area contributed by atoms with Crippen LogP contribution in [0.15, 0.2) is 0 Å². The van der Waals surface area contributed by atoms with Gasteiger partial charge in [0.15, 0.2) is 6.10 Å². The minimum atomic E-state index is -1.54. The van der Waals surface area contributed by atoms with Crippen molar-refractivity contribution in [3.8, 4) is 0 Å². The molecule has 2 rings (SSSR count). The van der Waals surface area contributed by atoms with E-state index < -0.39 is 41.7 Å². The van der Waals surface area contributed by atoms with E-state index in [-0.39, 0.29) is 12.0 Å². The molecule has 0 spiro atoms. The number of nitrogens with zero attached hydrogens (tertiary/aromatic N) is 1. The first kappa shape index (κ1) is 25.7. The zero-order valence-electron chi connectivity index (χ0n) is 19.1. The molecule has 1 aliphatic heterocycles. The summed E-state index contributed by atoms with van der Waals surface area (Å²) in [6.07, 6.45) is 1.20. The number of alkyl carbamates (subject to hydrolysis) is 1. The average Bonchev–Trinajstić information content (AvgIpc) is 2.76. The van der Waals surface area contributed by atoms with Crippen LogP contribution in [0.2, 0.25) is 0 Å². The maximum atomic E-state index is 13.2. The molecule has 1 saturated heterocycles. The quantitative estimate of drug-likeness (QED) is 0.437. The van der Waals surface area contributed by atoms with Gasteiger partial charge >= 0.3 is 12.2 Å². The number of hydrogen-bond acceptors (Lipinski definition) is 7. The number of piperidine rings is 1. The molecular weight excluding hydrogens is 420 g/mol. The van der Waals surface area contributed by atoms with Crippen LogP contribution in [0.1, 0.15) is 58.8 Å². The Bertz CT molecular complexity index is 686. The van der Waals surface area contributed by atoms with E-state index in [1.807, 2.05) is 0 Å². The Kier molecular flexibility index (Phi) is 9.11. The number of ether oxygens (including phenoxy) is 2. The van der Waals surface area contributed by atoms with Crippen LogP contribution in [0.5, 0.6) is 0 Å². The molecule has 1 heterocycles. The Balaban J connectivity index is 2.02. The van der Waals surface area contributed by atoms with Crippen molar-refractivity contribution in [2.75, 3.05) is 20.2 Å². The summed E-state index contributed by atoms with van der Waals surface area (Å²) in [5.41, 5.74) is 4.03. The van der Waals surface area contributed by atoms with Gasteiger partial charge in [0, 0.05) is 25.9 Å². The van der Waals surface area contributed by atoms with Crippen molar-refractivity contribution >= 4 is 24.0 Å². The van der Waals surface area contributed by atoms with Gasteiger partial charge in [-0.1, -0.05) is 33.1 Å². The third-order valence-electron chi connectivity index (χ3n) is 6.28. The SMILES string of the molecule is COC(=O)N1CCC(OC(=O)NC2(C(=O)N[C@@H](C(C)C)[C@H](O)C(N)=O)CCCCC2)CC1. The lowest BCUT2D eigenvalue weighted by Crippen LogP contribution is -2.64. The summed E-state index contributed by atoms with van der Waals surface area (Å²) >= 11 is 0. The molecule has 1 aliphatic carbocycles. The molecule has 0 aromatic carbocycles. The lowest BCUT2D eigenvalue weighted by molar-refractivity contribution is -0.134. The fourth-order valence-electron chi connectivity index (χ4n) is 4.30. The number of carbonyl (C=O) groups is 4. The fourth-order valence-corrected chi connectivity index (χ4v) is 4.30. The molecule has 4 amide bonds. The molecule has 32 heavy (non-hydrogen) atoms. The van der Waals surface area contributed by atoms with Crippen LogP contribution in [0.4, 0.5) is 9.59 Å². The first-order valence-corrected chi connectivity index (χ1v) is 11.2. The van der Waals surface area contributed by atoms with Crippen LogP contribution < -0.4 is 16.4 Å². The summed E-state index contributed by atoms with van der Waals surface area (Å²) in [7, 11) is 1.32. The van der Waals surface area contributed by atoms with Crippen LogP contribution >= 0.6 is 0 Å². The second-order valence-corrected chi connectivity index (χ2v) is 8.92. The molecule has 11 nitrogen and oxygen atoms in total. The van der Waals surface area contributed by atoms with Gasteiger partial charge in [0.2, 0.25) is 11.8 Å². The average molecular weight is 457 g/mol. The van der Waals surface area contributed by atoms with E-state index in [4.69, 9.17) is 15.2 Å². The summed E-state index contributed by atoms with van der Waals surface area (Å²) in [5, 5.41) is 15.6. The van der Waals surface area contributed by atoms with Crippen LogP contribution in [0.3, 0.4) is 0 Å². The van der Waals surface area contributed by atoms with Gasteiger partial charge in [-0.15, -0.1) is 0 Å². The summed E-state index contributed by atoms with van der Waals surface area (Å²) in [5.74, 6) is -1.64. The minimum Gasteiger partial charge on any atom is -0.453 e. The number of methoxy groups -OCH3 is 1. The molecule has 2 atom stereocenters. The lowest BCUT2D eigenvalue weighted by atomic mass is 9.80. The number of nitrogens with one attached hydrogen (secondary N) is 2. The Labute approximate surface area is 188 Å². The van der Waals surface area contributed by atoms with E-state index in [1.165, 1.54) is 7.11 Å². The smallest absolute Gasteiger partial charge is 0.409 e. The zero-order chi connectivity index (χ0) is 23.9. The Morgan fingerprint density at radius 3 is 2.19 bits per heavy atom. The van der Waals surface area contributed by atoms with Crippen molar-refractivity contribution in [3.63, 3.8) is 0 Å². The molecule has 5 N–H and O–H groups in total. The van der Waals surface area contributed by atoms with Crippen molar-refractivity contribution in [2.24, 2.45) is 11.7 Å². The highest BCUT2D eigenvalue weighted by atomic mass is 16.6. The molecule has 0 unspecified atom stereocenters. The standard InChI is InChI=1S/C21H36N4O7/c1-13(2)15(16(26)17(22)27)23-18(28)21(9-5-4-6-10-21)24-19(29)32-14-7-11-25(12-8-14)20(30)31-3/h13-16,26H,4-12H2,1-3H3,(H2,22,27)(H,23,28)(H,24,29)/t15-,16-/m0/s1. The minimum absolute atomic E-state index is 0.256. The van der Waals surface area contributed by atoms with Gasteiger partial charge in [0.1, 0.15) is 11.6 Å². The third kappa shape index (κ3) is 6.47. The van der Waals surface area contributed by atoms with E-state index in [0.29, 0.717) is 38.8 Å². The summed E-state index contributed by atoms with van der Waals surface area (Å²) in [4.78, 5) is 50.5. The Morgan fingerprint density at radius 1 is 1.09 bits per heavy atom. The van der Waals surface area contributed by atoms with Crippen molar-refractivity contribution in [1.29, 1.82) is 0 Å². The van der Waals surface area contributed by atoms with E-state index >= 15 is 0 Å². The van der Waals surface area contributed by atoms with Crippen molar-refractivity contribution < 1.29 is 33.8 Å². The normalized spacial score (nSPS) is 20.7. The number of nitrogens with two attached hydrogens (primary N) is 1. The van der Waals surface area contributed by atoms with Crippen molar-refractivity contribution in [1.82, 2.24) is 15.5 Å². The molecule has 0 radical (unpaired) electrons. The number of hydrogen-bond donors (Lipinski definition) is 4. The third-order valence-corrected chi connectivity index (χ3v) is 6.28. The van der Waals surface area contributed by atoms with Gasteiger partial charge in [-0.3, -0.25) is 9.59 Å². The topological polar surface area (TPSA) is 160 Å². The number of primary amides is 1. The predicted molar refractivity (Wildman–Crippen MR) is 114 cm³/mol. The monoisotopic (exact) mass is 456 g/mol. The van der Waals surface area contributed by atoms with Crippen molar-refractivity contribution in [2.45, 2.75) is 82.6 Å².